The van der Waals surface area contributed by atoms with E-state index >= 15 is 0 Å². The zero-order chi connectivity index (χ0) is 13.2. The molecule has 19 heavy (non-hydrogen) atoms. The van der Waals surface area contributed by atoms with Crippen molar-refractivity contribution >= 4 is 11.0 Å². The molecule has 100 valence electrons. The number of nitrogens with two attached hydrogens (primary N) is 1. The van der Waals surface area contributed by atoms with Crippen LogP contribution in [-0.4, -0.2) is 24.0 Å². The Hall–Kier alpha value is -1.65. The zero-order valence-electron chi connectivity index (χ0n) is 10.8. The first-order chi connectivity index (χ1) is 9.22. The fourth-order valence-electron chi connectivity index (χ4n) is 2.66. The van der Waals surface area contributed by atoms with Gasteiger partial charge in [0, 0.05) is 24.0 Å². The Balaban J connectivity index is 1.90. The first kappa shape index (κ1) is 12.4. The van der Waals surface area contributed by atoms with E-state index in [0.29, 0.717) is 11.6 Å². The number of nitrogens with zero attached hydrogens (tertiary/aromatic N) is 1. The second-order valence-corrected chi connectivity index (χ2v) is 5.20. The van der Waals surface area contributed by atoms with Gasteiger partial charge in [0.05, 0.1) is 0 Å². The van der Waals surface area contributed by atoms with E-state index < -0.39 is 0 Å². The van der Waals surface area contributed by atoms with Crippen LogP contribution in [0.15, 0.2) is 39.5 Å². The molecule has 0 bridgehead atoms. The van der Waals surface area contributed by atoms with E-state index in [2.05, 4.69) is 4.90 Å². The number of para-hydroxylation sites is 1. The van der Waals surface area contributed by atoms with E-state index in [0.717, 1.165) is 43.4 Å². The Kier molecular flexibility index (Phi) is 3.36. The number of hydrogen-bond acceptors (Lipinski definition) is 4. The highest BCUT2D eigenvalue weighted by atomic mass is 16.4. The third-order valence-electron chi connectivity index (χ3n) is 3.76. The number of benzene rings is 1. The number of fused-ring (bicyclic) bond motifs is 1. The smallest absolute Gasteiger partial charge is 0.336 e. The summed E-state index contributed by atoms with van der Waals surface area (Å²) < 4.78 is 5.21. The van der Waals surface area contributed by atoms with Gasteiger partial charge in [0.15, 0.2) is 0 Å². The molecule has 1 fully saturated rings. The normalized spacial score (nSPS) is 17.9. The van der Waals surface area contributed by atoms with Crippen molar-refractivity contribution in [1.82, 2.24) is 4.90 Å². The molecule has 2 aromatic rings. The molecule has 3 rings (SSSR count). The zero-order valence-corrected chi connectivity index (χ0v) is 10.8. The monoisotopic (exact) mass is 258 g/mol. The van der Waals surface area contributed by atoms with Gasteiger partial charge in [-0.05, 0) is 37.6 Å². The Labute approximate surface area is 111 Å². The molecule has 0 radical (unpaired) electrons. The highest BCUT2D eigenvalue weighted by Crippen LogP contribution is 2.19. The lowest BCUT2D eigenvalue weighted by Gasteiger charge is -2.30. The molecule has 0 unspecified atom stereocenters. The van der Waals surface area contributed by atoms with Gasteiger partial charge < -0.3 is 10.2 Å². The lowest BCUT2D eigenvalue weighted by molar-refractivity contribution is 0.206. The van der Waals surface area contributed by atoms with E-state index in [1.165, 1.54) is 0 Å². The second kappa shape index (κ2) is 5.15. The van der Waals surface area contributed by atoms with Gasteiger partial charge in [-0.15, -0.1) is 0 Å². The van der Waals surface area contributed by atoms with E-state index in [-0.39, 0.29) is 5.63 Å². The highest BCUT2D eigenvalue weighted by molar-refractivity contribution is 5.79. The van der Waals surface area contributed by atoms with Gasteiger partial charge in [-0.3, -0.25) is 4.90 Å². The van der Waals surface area contributed by atoms with Crippen LogP contribution in [0.25, 0.3) is 11.0 Å². The van der Waals surface area contributed by atoms with Gasteiger partial charge >= 0.3 is 5.63 Å². The molecule has 1 aromatic carbocycles. The summed E-state index contributed by atoms with van der Waals surface area (Å²) in [5, 5.41) is 1.02. The Morgan fingerprint density at radius 3 is 2.79 bits per heavy atom. The molecular weight excluding hydrogens is 240 g/mol. The summed E-state index contributed by atoms with van der Waals surface area (Å²) in [7, 11) is 0. The van der Waals surface area contributed by atoms with Crippen molar-refractivity contribution in [2.75, 3.05) is 13.1 Å². The Morgan fingerprint density at radius 2 is 2.00 bits per heavy atom. The van der Waals surface area contributed by atoms with Crippen LogP contribution in [0.5, 0.6) is 0 Å². The fourth-order valence-corrected chi connectivity index (χ4v) is 2.66. The molecule has 0 atom stereocenters. The third-order valence-corrected chi connectivity index (χ3v) is 3.76. The molecule has 4 nitrogen and oxygen atoms in total. The fraction of sp³-hybridized carbons (Fsp3) is 0.400. The lowest BCUT2D eigenvalue weighted by Crippen LogP contribution is -2.39. The van der Waals surface area contributed by atoms with Crippen molar-refractivity contribution in [3.05, 3.63) is 46.3 Å². The predicted molar refractivity (Wildman–Crippen MR) is 75.0 cm³/mol. The molecule has 1 aliphatic rings. The van der Waals surface area contributed by atoms with Gasteiger partial charge in [0.25, 0.3) is 0 Å². The number of piperidine rings is 1. The average Bonchev–Trinajstić information content (AvgIpc) is 2.41. The summed E-state index contributed by atoms with van der Waals surface area (Å²) in [5.41, 5.74) is 7.35. The van der Waals surface area contributed by atoms with Crippen LogP contribution in [0, 0.1) is 0 Å². The first-order valence-electron chi connectivity index (χ1n) is 6.72. The largest absolute Gasteiger partial charge is 0.423 e. The predicted octanol–water partition coefficient (Wildman–Crippen LogP) is 1.72. The summed E-state index contributed by atoms with van der Waals surface area (Å²) in [6, 6.07) is 9.63. The van der Waals surface area contributed by atoms with Gasteiger partial charge in [0.2, 0.25) is 0 Å². The highest BCUT2D eigenvalue weighted by Gasteiger charge is 2.17. The van der Waals surface area contributed by atoms with Crippen molar-refractivity contribution < 1.29 is 4.42 Å². The van der Waals surface area contributed by atoms with Gasteiger partial charge in [-0.1, -0.05) is 18.2 Å². The van der Waals surface area contributed by atoms with Crippen LogP contribution in [0.1, 0.15) is 18.4 Å². The van der Waals surface area contributed by atoms with Crippen molar-refractivity contribution in [1.29, 1.82) is 0 Å². The maximum atomic E-state index is 11.6. The van der Waals surface area contributed by atoms with E-state index in [1.807, 2.05) is 24.3 Å². The summed E-state index contributed by atoms with van der Waals surface area (Å²) in [4.78, 5) is 13.9. The van der Waals surface area contributed by atoms with Crippen LogP contribution < -0.4 is 11.4 Å². The van der Waals surface area contributed by atoms with E-state index in [9.17, 15) is 4.79 Å². The van der Waals surface area contributed by atoms with E-state index in [4.69, 9.17) is 10.2 Å². The van der Waals surface area contributed by atoms with Gasteiger partial charge in [0.1, 0.15) is 5.58 Å². The third kappa shape index (κ3) is 2.69. The van der Waals surface area contributed by atoms with Crippen molar-refractivity contribution in [2.45, 2.75) is 25.4 Å². The minimum Gasteiger partial charge on any atom is -0.423 e. The number of likely N-dealkylation sites (tertiary alicyclic amines) is 1. The number of hydrogen-bond donors (Lipinski definition) is 1. The summed E-state index contributed by atoms with van der Waals surface area (Å²) >= 11 is 0. The molecule has 0 saturated carbocycles. The quantitative estimate of drug-likeness (QED) is 0.833. The lowest BCUT2D eigenvalue weighted by atomic mass is 10.0. The molecule has 1 aliphatic heterocycles. The van der Waals surface area contributed by atoms with Gasteiger partial charge in [-0.2, -0.15) is 0 Å². The van der Waals surface area contributed by atoms with Crippen molar-refractivity contribution in [3.8, 4) is 0 Å². The topological polar surface area (TPSA) is 59.5 Å². The van der Waals surface area contributed by atoms with Crippen LogP contribution in [0.3, 0.4) is 0 Å². The molecule has 2 N–H and O–H groups in total. The minimum absolute atomic E-state index is 0.276. The standard InChI is InChI=1S/C15H18N2O2/c16-12-5-7-17(8-6-12)10-11-9-15(18)19-14-4-2-1-3-13(11)14/h1-4,9,12H,5-8,10,16H2. The SMILES string of the molecule is NC1CCN(Cc2cc(=O)oc3ccccc23)CC1. The molecule has 4 heteroatoms. The van der Waals surface area contributed by atoms with E-state index in [1.54, 1.807) is 6.07 Å². The first-order valence-corrected chi connectivity index (χ1v) is 6.72. The maximum Gasteiger partial charge on any atom is 0.336 e. The van der Waals surface area contributed by atoms with Crippen molar-refractivity contribution in [2.24, 2.45) is 5.73 Å². The molecule has 0 aliphatic carbocycles. The Bertz CT molecular complexity index is 627. The molecule has 0 amide bonds. The molecule has 1 saturated heterocycles. The van der Waals surface area contributed by atoms with Crippen LogP contribution in [-0.2, 0) is 6.54 Å². The van der Waals surface area contributed by atoms with Crippen LogP contribution >= 0.6 is 0 Å². The molecule has 1 aromatic heterocycles. The minimum atomic E-state index is -0.276. The Morgan fingerprint density at radius 1 is 1.26 bits per heavy atom. The summed E-state index contributed by atoms with van der Waals surface area (Å²) in [6.45, 7) is 2.78. The summed E-state index contributed by atoms with van der Waals surface area (Å²) in [5.74, 6) is 0. The maximum absolute atomic E-state index is 11.6. The van der Waals surface area contributed by atoms with Crippen LogP contribution in [0.4, 0.5) is 0 Å². The molecular formula is C15H18N2O2. The average molecular weight is 258 g/mol. The molecule has 0 spiro atoms. The van der Waals surface area contributed by atoms with Gasteiger partial charge in [-0.25, -0.2) is 4.79 Å². The van der Waals surface area contributed by atoms with Crippen LogP contribution in [0.2, 0.25) is 0 Å². The van der Waals surface area contributed by atoms with Crippen molar-refractivity contribution in [3.63, 3.8) is 0 Å². The second-order valence-electron chi connectivity index (χ2n) is 5.20. The summed E-state index contributed by atoms with van der Waals surface area (Å²) in [6.07, 6.45) is 2.05. The number of rotatable bonds is 2. The molecule has 2 heterocycles.